The first kappa shape index (κ1) is 9.97. The molecule has 1 saturated heterocycles. The van der Waals surface area contributed by atoms with Gasteiger partial charge in [0.2, 0.25) is 0 Å². The van der Waals surface area contributed by atoms with Crippen LogP contribution >= 0.6 is 11.6 Å². The molecule has 0 unspecified atom stereocenters. The van der Waals surface area contributed by atoms with Gasteiger partial charge in [0.15, 0.2) is 0 Å². The number of hydrogen-bond acceptors (Lipinski definition) is 2. The summed E-state index contributed by atoms with van der Waals surface area (Å²) in [4.78, 5) is 0. The average molecular weight is 212 g/mol. The van der Waals surface area contributed by atoms with Crippen molar-refractivity contribution in [2.45, 2.75) is 19.1 Å². The van der Waals surface area contributed by atoms with Crippen molar-refractivity contribution < 1.29 is 4.74 Å². The topological polar surface area (TPSA) is 21.3 Å². The predicted octanol–water partition coefficient (Wildman–Crippen LogP) is 2.22. The zero-order valence-electron chi connectivity index (χ0n) is 8.22. The Bertz CT molecular complexity index is 323. The van der Waals surface area contributed by atoms with E-state index in [-0.39, 0.29) is 5.60 Å². The molecule has 1 aliphatic heterocycles. The van der Waals surface area contributed by atoms with Crippen molar-refractivity contribution in [2.75, 3.05) is 13.1 Å². The Morgan fingerprint density at radius 1 is 1.43 bits per heavy atom. The molecule has 76 valence electrons. The van der Waals surface area contributed by atoms with Crippen LogP contribution in [0, 0.1) is 0 Å². The quantitative estimate of drug-likeness (QED) is 0.828. The van der Waals surface area contributed by atoms with E-state index in [9.17, 15) is 0 Å². The van der Waals surface area contributed by atoms with Crippen molar-refractivity contribution >= 4 is 11.6 Å². The minimum atomic E-state index is -0.000823. The lowest BCUT2D eigenvalue weighted by molar-refractivity contribution is -0.0767. The lowest BCUT2D eigenvalue weighted by atomic mass is 10.00. The van der Waals surface area contributed by atoms with Crippen molar-refractivity contribution in [1.29, 1.82) is 0 Å². The number of halogens is 1. The summed E-state index contributed by atoms with van der Waals surface area (Å²) in [5.74, 6) is 0. The first-order valence-electron chi connectivity index (χ1n) is 4.78. The highest BCUT2D eigenvalue weighted by molar-refractivity contribution is 6.31. The summed E-state index contributed by atoms with van der Waals surface area (Å²) in [6.07, 6.45) is 0. The maximum Gasteiger partial charge on any atom is 0.0906 e. The summed E-state index contributed by atoms with van der Waals surface area (Å²) >= 11 is 6.02. The average Bonchev–Trinajstić information content (AvgIpc) is 2.14. The molecule has 0 aromatic heterocycles. The fraction of sp³-hybridized carbons (Fsp3) is 0.455. The van der Waals surface area contributed by atoms with E-state index in [1.807, 2.05) is 24.3 Å². The zero-order chi connectivity index (χ0) is 10.0. The van der Waals surface area contributed by atoms with Crippen molar-refractivity contribution in [3.63, 3.8) is 0 Å². The van der Waals surface area contributed by atoms with Gasteiger partial charge >= 0.3 is 0 Å². The van der Waals surface area contributed by atoms with Crippen LogP contribution in [-0.2, 0) is 11.3 Å². The molecule has 0 radical (unpaired) electrons. The van der Waals surface area contributed by atoms with Gasteiger partial charge in [-0.2, -0.15) is 0 Å². The van der Waals surface area contributed by atoms with Crippen LogP contribution in [0.1, 0.15) is 12.5 Å². The smallest absolute Gasteiger partial charge is 0.0906 e. The van der Waals surface area contributed by atoms with E-state index < -0.39 is 0 Å². The van der Waals surface area contributed by atoms with Gasteiger partial charge in [0.05, 0.1) is 12.2 Å². The molecule has 1 aromatic carbocycles. The number of ether oxygens (including phenoxy) is 1. The largest absolute Gasteiger partial charge is 0.368 e. The SMILES string of the molecule is CC1(OCc2ccccc2Cl)CNC1. The van der Waals surface area contributed by atoms with Crippen LogP contribution in [0.4, 0.5) is 0 Å². The molecular weight excluding hydrogens is 198 g/mol. The molecule has 0 saturated carbocycles. The highest BCUT2D eigenvalue weighted by Gasteiger charge is 2.32. The lowest BCUT2D eigenvalue weighted by Gasteiger charge is -2.39. The summed E-state index contributed by atoms with van der Waals surface area (Å²) in [5, 5.41) is 3.98. The van der Waals surface area contributed by atoms with E-state index >= 15 is 0 Å². The van der Waals surface area contributed by atoms with Crippen LogP contribution in [0.3, 0.4) is 0 Å². The molecule has 3 heteroatoms. The van der Waals surface area contributed by atoms with Crippen molar-refractivity contribution in [2.24, 2.45) is 0 Å². The minimum absolute atomic E-state index is 0.000823. The number of benzene rings is 1. The first-order chi connectivity index (χ1) is 6.70. The third kappa shape index (κ3) is 2.08. The zero-order valence-corrected chi connectivity index (χ0v) is 8.97. The monoisotopic (exact) mass is 211 g/mol. The second kappa shape index (κ2) is 3.89. The van der Waals surface area contributed by atoms with Gasteiger partial charge in [-0.1, -0.05) is 29.8 Å². The van der Waals surface area contributed by atoms with Gasteiger partial charge in [-0.05, 0) is 18.6 Å². The molecular formula is C11H14ClNO. The Balaban J connectivity index is 1.95. The number of rotatable bonds is 3. The number of nitrogens with one attached hydrogen (secondary N) is 1. The fourth-order valence-corrected chi connectivity index (χ4v) is 1.64. The van der Waals surface area contributed by atoms with E-state index in [0.717, 1.165) is 23.7 Å². The third-order valence-electron chi connectivity index (χ3n) is 2.53. The Morgan fingerprint density at radius 2 is 2.14 bits per heavy atom. The molecule has 1 N–H and O–H groups in total. The Hall–Kier alpha value is -0.570. The molecule has 2 nitrogen and oxygen atoms in total. The van der Waals surface area contributed by atoms with Crippen LogP contribution in [-0.4, -0.2) is 18.7 Å². The molecule has 0 amide bonds. The molecule has 2 rings (SSSR count). The standard InChI is InChI=1S/C11H14ClNO/c1-11(7-13-8-11)14-6-9-4-2-3-5-10(9)12/h2-5,13H,6-8H2,1H3. The summed E-state index contributed by atoms with van der Waals surface area (Å²) in [7, 11) is 0. The molecule has 0 spiro atoms. The Labute approximate surface area is 89.2 Å². The van der Waals surface area contributed by atoms with Gasteiger partial charge in [0.25, 0.3) is 0 Å². The van der Waals surface area contributed by atoms with Crippen LogP contribution < -0.4 is 5.32 Å². The molecule has 1 heterocycles. The number of hydrogen-bond donors (Lipinski definition) is 1. The highest BCUT2D eigenvalue weighted by Crippen LogP contribution is 2.21. The van der Waals surface area contributed by atoms with Crippen molar-refractivity contribution in [1.82, 2.24) is 5.32 Å². The van der Waals surface area contributed by atoms with E-state index in [4.69, 9.17) is 16.3 Å². The van der Waals surface area contributed by atoms with Crippen molar-refractivity contribution in [3.05, 3.63) is 34.9 Å². The lowest BCUT2D eigenvalue weighted by Crippen LogP contribution is -2.58. The van der Waals surface area contributed by atoms with E-state index in [0.29, 0.717) is 6.61 Å². The molecule has 0 atom stereocenters. The van der Waals surface area contributed by atoms with E-state index in [1.165, 1.54) is 0 Å². The van der Waals surface area contributed by atoms with Gasteiger partial charge < -0.3 is 10.1 Å². The summed E-state index contributed by atoms with van der Waals surface area (Å²) in [6, 6.07) is 7.80. The van der Waals surface area contributed by atoms with Crippen LogP contribution in [0.25, 0.3) is 0 Å². The van der Waals surface area contributed by atoms with Crippen molar-refractivity contribution in [3.8, 4) is 0 Å². The molecule has 14 heavy (non-hydrogen) atoms. The van der Waals surface area contributed by atoms with Gasteiger partial charge in [0, 0.05) is 18.1 Å². The van der Waals surface area contributed by atoms with Gasteiger partial charge in [-0.25, -0.2) is 0 Å². The normalized spacial score (nSPS) is 19.0. The second-order valence-corrected chi connectivity index (χ2v) is 4.34. The molecule has 1 aliphatic rings. The third-order valence-corrected chi connectivity index (χ3v) is 2.90. The molecule has 1 aromatic rings. The van der Waals surface area contributed by atoms with Crippen LogP contribution in [0.2, 0.25) is 5.02 Å². The summed E-state index contributed by atoms with van der Waals surface area (Å²) in [6.45, 7) is 4.56. The van der Waals surface area contributed by atoms with E-state index in [2.05, 4.69) is 12.2 Å². The maximum atomic E-state index is 6.02. The molecule has 0 bridgehead atoms. The predicted molar refractivity (Wildman–Crippen MR) is 57.5 cm³/mol. The summed E-state index contributed by atoms with van der Waals surface area (Å²) < 4.78 is 5.79. The summed E-state index contributed by atoms with van der Waals surface area (Å²) in [5.41, 5.74) is 1.06. The molecule has 1 fully saturated rings. The van der Waals surface area contributed by atoms with Gasteiger partial charge in [-0.3, -0.25) is 0 Å². The first-order valence-corrected chi connectivity index (χ1v) is 5.15. The maximum absolute atomic E-state index is 6.02. The molecule has 0 aliphatic carbocycles. The fourth-order valence-electron chi connectivity index (χ4n) is 1.45. The minimum Gasteiger partial charge on any atom is -0.368 e. The van der Waals surface area contributed by atoms with Gasteiger partial charge in [-0.15, -0.1) is 0 Å². The van der Waals surface area contributed by atoms with E-state index in [1.54, 1.807) is 0 Å². The Morgan fingerprint density at radius 3 is 2.71 bits per heavy atom. The van der Waals surface area contributed by atoms with Crippen LogP contribution in [0.5, 0.6) is 0 Å². The van der Waals surface area contributed by atoms with Gasteiger partial charge in [0.1, 0.15) is 0 Å². The second-order valence-electron chi connectivity index (χ2n) is 3.93. The Kier molecular flexibility index (Phi) is 2.77. The van der Waals surface area contributed by atoms with Crippen LogP contribution in [0.15, 0.2) is 24.3 Å². The highest BCUT2D eigenvalue weighted by atomic mass is 35.5.